The molecule has 1 aliphatic heterocycles. The molecule has 0 aromatic heterocycles. The van der Waals surface area contributed by atoms with Crippen LogP contribution in [0.5, 0.6) is 0 Å². The van der Waals surface area contributed by atoms with Crippen LogP contribution in [-0.4, -0.2) is 35.9 Å². The minimum absolute atomic E-state index is 0.0138. The van der Waals surface area contributed by atoms with Crippen LogP contribution in [0.25, 0.3) is 0 Å². The van der Waals surface area contributed by atoms with E-state index in [2.05, 4.69) is 16.7 Å². The summed E-state index contributed by atoms with van der Waals surface area (Å²) in [5, 5.41) is 5.72. The molecule has 1 saturated heterocycles. The van der Waals surface area contributed by atoms with Crippen LogP contribution in [0.3, 0.4) is 0 Å². The van der Waals surface area contributed by atoms with Gasteiger partial charge in [0.1, 0.15) is 6.04 Å². The van der Waals surface area contributed by atoms with E-state index in [9.17, 15) is 9.59 Å². The van der Waals surface area contributed by atoms with Gasteiger partial charge in [0.25, 0.3) is 0 Å². The predicted molar refractivity (Wildman–Crippen MR) is 78.1 cm³/mol. The molecule has 106 valence electrons. The number of carbonyl (C=O) groups excluding carboxylic acids is 2. The lowest BCUT2D eigenvalue weighted by Gasteiger charge is -2.16. The lowest BCUT2D eigenvalue weighted by molar-refractivity contribution is -0.128. The van der Waals surface area contributed by atoms with Crippen molar-refractivity contribution in [1.29, 1.82) is 0 Å². The maximum absolute atomic E-state index is 12.0. The Bertz CT molecular complexity index is 368. The Morgan fingerprint density at radius 1 is 1.42 bits per heavy atom. The summed E-state index contributed by atoms with van der Waals surface area (Å²) in [5.41, 5.74) is 1.46. The monoisotopic (exact) mass is 282 g/mol. The highest BCUT2D eigenvalue weighted by molar-refractivity contribution is 7.99. The van der Waals surface area contributed by atoms with Crippen molar-refractivity contribution in [2.75, 3.05) is 18.1 Å². The molecule has 0 saturated carbocycles. The molecular weight excluding hydrogens is 260 g/mol. The fraction of sp³-hybridized carbons (Fsp3) is 0.714. The highest BCUT2D eigenvalue weighted by Crippen LogP contribution is 2.19. The van der Waals surface area contributed by atoms with Crippen LogP contribution in [0.2, 0.25) is 0 Å². The SMILES string of the molecule is O=C1CCSCC(C(=O)NCCC2=CCCCC2)N1. The van der Waals surface area contributed by atoms with Crippen LogP contribution in [0, 0.1) is 0 Å². The summed E-state index contributed by atoms with van der Waals surface area (Å²) in [7, 11) is 0. The average molecular weight is 282 g/mol. The molecule has 2 aliphatic rings. The first-order valence-electron chi connectivity index (χ1n) is 7.08. The van der Waals surface area contributed by atoms with Crippen molar-refractivity contribution in [2.24, 2.45) is 0 Å². The van der Waals surface area contributed by atoms with Crippen molar-refractivity contribution in [3.8, 4) is 0 Å². The summed E-state index contributed by atoms with van der Waals surface area (Å²) < 4.78 is 0. The fourth-order valence-corrected chi connectivity index (χ4v) is 3.38. The van der Waals surface area contributed by atoms with Gasteiger partial charge in [0.05, 0.1) is 0 Å². The van der Waals surface area contributed by atoms with E-state index < -0.39 is 0 Å². The number of carbonyl (C=O) groups is 2. The smallest absolute Gasteiger partial charge is 0.243 e. The third-order valence-electron chi connectivity index (χ3n) is 3.54. The van der Waals surface area contributed by atoms with E-state index in [0.717, 1.165) is 12.2 Å². The van der Waals surface area contributed by atoms with Crippen molar-refractivity contribution < 1.29 is 9.59 Å². The molecular formula is C14H22N2O2S. The molecule has 0 bridgehead atoms. The van der Waals surface area contributed by atoms with E-state index in [-0.39, 0.29) is 17.9 Å². The predicted octanol–water partition coefficient (Wildman–Crippen LogP) is 1.61. The van der Waals surface area contributed by atoms with Crippen molar-refractivity contribution in [3.63, 3.8) is 0 Å². The molecule has 0 aromatic rings. The highest BCUT2D eigenvalue weighted by atomic mass is 32.2. The standard InChI is InChI=1S/C14H22N2O2S/c17-13-7-9-19-10-12(16-13)14(18)15-8-6-11-4-2-1-3-5-11/h4,12H,1-3,5-10H2,(H,15,18)(H,16,17). The number of amides is 2. The first-order chi connectivity index (χ1) is 9.25. The van der Waals surface area contributed by atoms with Crippen LogP contribution in [0.15, 0.2) is 11.6 Å². The zero-order chi connectivity index (χ0) is 13.5. The molecule has 5 heteroatoms. The third kappa shape index (κ3) is 4.90. The second kappa shape index (κ2) is 7.58. The van der Waals surface area contributed by atoms with Gasteiger partial charge in [0.15, 0.2) is 0 Å². The molecule has 0 aromatic carbocycles. The molecule has 2 rings (SSSR count). The number of nitrogens with one attached hydrogen (secondary N) is 2. The largest absolute Gasteiger partial charge is 0.354 e. The summed E-state index contributed by atoms with van der Waals surface area (Å²) in [6, 6.07) is -0.361. The lowest BCUT2D eigenvalue weighted by Crippen LogP contribution is -2.47. The van der Waals surface area contributed by atoms with Crippen LogP contribution in [0.4, 0.5) is 0 Å². The van der Waals surface area contributed by atoms with Crippen molar-refractivity contribution in [2.45, 2.75) is 44.6 Å². The van der Waals surface area contributed by atoms with Crippen LogP contribution < -0.4 is 10.6 Å². The molecule has 1 aliphatic carbocycles. The van der Waals surface area contributed by atoms with Crippen molar-refractivity contribution in [1.82, 2.24) is 10.6 Å². The van der Waals surface area contributed by atoms with Gasteiger partial charge >= 0.3 is 0 Å². The Morgan fingerprint density at radius 2 is 2.32 bits per heavy atom. The summed E-state index contributed by atoms with van der Waals surface area (Å²) >= 11 is 1.66. The summed E-state index contributed by atoms with van der Waals surface area (Å²) in [5.74, 6) is 1.43. The first-order valence-corrected chi connectivity index (χ1v) is 8.24. The molecule has 1 heterocycles. The van der Waals surface area contributed by atoms with Gasteiger partial charge in [-0.15, -0.1) is 0 Å². The molecule has 1 atom stereocenters. The maximum Gasteiger partial charge on any atom is 0.243 e. The molecule has 2 amide bonds. The molecule has 2 N–H and O–H groups in total. The number of rotatable bonds is 4. The Labute approximate surface area is 118 Å². The van der Waals surface area contributed by atoms with Gasteiger partial charge in [-0.05, 0) is 32.1 Å². The van der Waals surface area contributed by atoms with Gasteiger partial charge in [0, 0.05) is 24.5 Å². The first kappa shape index (κ1) is 14.4. The molecule has 4 nitrogen and oxygen atoms in total. The number of thioether (sulfide) groups is 1. The van der Waals surface area contributed by atoms with E-state index in [4.69, 9.17) is 0 Å². The van der Waals surface area contributed by atoms with Gasteiger partial charge in [-0.2, -0.15) is 11.8 Å². The Kier molecular flexibility index (Phi) is 5.76. The summed E-state index contributed by atoms with van der Waals surface area (Å²) in [6.45, 7) is 0.682. The van der Waals surface area contributed by atoms with Gasteiger partial charge in [-0.3, -0.25) is 9.59 Å². The topological polar surface area (TPSA) is 58.2 Å². The molecule has 0 radical (unpaired) electrons. The quantitative estimate of drug-likeness (QED) is 0.770. The minimum atomic E-state index is -0.361. The van der Waals surface area contributed by atoms with Gasteiger partial charge in [-0.1, -0.05) is 11.6 Å². The van der Waals surface area contributed by atoms with Crippen molar-refractivity contribution in [3.05, 3.63) is 11.6 Å². The third-order valence-corrected chi connectivity index (χ3v) is 4.60. The second-order valence-electron chi connectivity index (χ2n) is 5.09. The zero-order valence-electron chi connectivity index (χ0n) is 11.2. The maximum atomic E-state index is 12.0. The number of allylic oxidation sites excluding steroid dienone is 1. The van der Waals surface area contributed by atoms with E-state index in [1.807, 2.05) is 0 Å². The van der Waals surface area contributed by atoms with Gasteiger partial charge in [-0.25, -0.2) is 0 Å². The molecule has 1 unspecified atom stereocenters. The van der Waals surface area contributed by atoms with Gasteiger partial charge < -0.3 is 10.6 Å². The normalized spacial score (nSPS) is 24.1. The van der Waals surface area contributed by atoms with Crippen LogP contribution >= 0.6 is 11.8 Å². The van der Waals surface area contributed by atoms with E-state index in [1.54, 1.807) is 11.8 Å². The molecule has 0 spiro atoms. The van der Waals surface area contributed by atoms with Crippen LogP contribution in [0.1, 0.15) is 38.5 Å². The second-order valence-corrected chi connectivity index (χ2v) is 6.24. The van der Waals surface area contributed by atoms with E-state index >= 15 is 0 Å². The fourth-order valence-electron chi connectivity index (χ4n) is 2.42. The van der Waals surface area contributed by atoms with E-state index in [0.29, 0.717) is 18.7 Å². The Morgan fingerprint density at radius 3 is 3.11 bits per heavy atom. The van der Waals surface area contributed by atoms with Crippen LogP contribution in [-0.2, 0) is 9.59 Å². The Hall–Kier alpha value is -0.970. The minimum Gasteiger partial charge on any atom is -0.354 e. The van der Waals surface area contributed by atoms with Gasteiger partial charge in [0.2, 0.25) is 11.8 Å². The number of hydrogen-bond donors (Lipinski definition) is 2. The van der Waals surface area contributed by atoms with E-state index in [1.165, 1.54) is 31.3 Å². The summed E-state index contributed by atoms with van der Waals surface area (Å²) in [4.78, 5) is 23.4. The molecule has 1 fully saturated rings. The lowest BCUT2D eigenvalue weighted by atomic mass is 9.97. The summed E-state index contributed by atoms with van der Waals surface area (Å²) in [6.07, 6.45) is 8.68. The number of hydrogen-bond acceptors (Lipinski definition) is 3. The molecule has 19 heavy (non-hydrogen) atoms. The highest BCUT2D eigenvalue weighted by Gasteiger charge is 2.22. The Balaban J connectivity index is 1.71. The van der Waals surface area contributed by atoms with Crippen molar-refractivity contribution >= 4 is 23.6 Å². The average Bonchev–Trinajstić information content (AvgIpc) is 2.64. The zero-order valence-corrected chi connectivity index (χ0v) is 12.1.